The monoisotopic (exact) mass is 230 g/mol. The maximum Gasteiger partial charge on any atom is 0.0641 e. The maximum atomic E-state index is 10.0. The average Bonchev–Trinajstić information content (AvgIpc) is 2.80. The summed E-state index contributed by atoms with van der Waals surface area (Å²) in [7, 11) is 0. The Morgan fingerprint density at radius 3 is 2.00 bits per heavy atom. The molecule has 0 saturated carbocycles. The zero-order valence-corrected chi connectivity index (χ0v) is 10.5. The number of aromatic nitrogens is 1. The second-order valence-electron chi connectivity index (χ2n) is 5.09. The maximum absolute atomic E-state index is 10.0. The van der Waals surface area contributed by atoms with E-state index in [1.54, 1.807) is 0 Å². The molecule has 3 heteroatoms. The van der Waals surface area contributed by atoms with Crippen LogP contribution in [0.5, 0.6) is 0 Å². The third-order valence-electron chi connectivity index (χ3n) is 2.63. The zero-order chi connectivity index (χ0) is 12.5. The van der Waals surface area contributed by atoms with Crippen LogP contribution in [-0.2, 0) is 0 Å². The van der Waals surface area contributed by atoms with E-state index >= 15 is 0 Å². The first-order chi connectivity index (χ1) is 7.98. The summed E-state index contributed by atoms with van der Waals surface area (Å²) in [5, 5.41) is 11.3. The molecule has 1 aromatic carbocycles. The van der Waals surface area contributed by atoms with Crippen molar-refractivity contribution in [3.63, 3.8) is 0 Å². The lowest BCUT2D eigenvalue weighted by Crippen LogP contribution is -2.38. The summed E-state index contributed by atoms with van der Waals surface area (Å²) >= 11 is 0. The Labute approximate surface area is 102 Å². The van der Waals surface area contributed by atoms with E-state index in [-0.39, 0.29) is 5.54 Å². The topological polar surface area (TPSA) is 28.4 Å². The Hall–Kier alpha value is -1.74. The molecule has 0 bridgehead atoms. The quantitative estimate of drug-likeness (QED) is 0.800. The Morgan fingerprint density at radius 1 is 1.00 bits per heavy atom. The molecule has 0 aliphatic carbocycles. The molecule has 0 spiro atoms. The predicted octanol–water partition coefficient (Wildman–Crippen LogP) is 3.47. The van der Waals surface area contributed by atoms with Crippen LogP contribution < -0.4 is 5.06 Å². The van der Waals surface area contributed by atoms with E-state index in [0.717, 1.165) is 11.4 Å². The fraction of sp³-hybridized carbons (Fsp3) is 0.286. The number of benzene rings is 1. The van der Waals surface area contributed by atoms with Crippen LogP contribution in [0.1, 0.15) is 20.8 Å². The van der Waals surface area contributed by atoms with Crippen molar-refractivity contribution in [1.29, 1.82) is 0 Å². The van der Waals surface area contributed by atoms with Gasteiger partial charge in [0.1, 0.15) is 0 Å². The second-order valence-corrected chi connectivity index (χ2v) is 5.09. The lowest BCUT2D eigenvalue weighted by Gasteiger charge is -2.31. The van der Waals surface area contributed by atoms with Gasteiger partial charge in [-0.3, -0.25) is 10.3 Å². The van der Waals surface area contributed by atoms with Crippen molar-refractivity contribution in [3.8, 4) is 5.69 Å². The van der Waals surface area contributed by atoms with Crippen molar-refractivity contribution >= 4 is 5.69 Å². The van der Waals surface area contributed by atoms with Crippen molar-refractivity contribution in [1.82, 2.24) is 4.57 Å². The van der Waals surface area contributed by atoms with E-state index < -0.39 is 0 Å². The number of hydroxylamine groups is 1. The molecule has 90 valence electrons. The fourth-order valence-corrected chi connectivity index (χ4v) is 1.66. The zero-order valence-electron chi connectivity index (χ0n) is 10.5. The van der Waals surface area contributed by atoms with E-state index in [1.165, 1.54) is 5.06 Å². The lowest BCUT2D eigenvalue weighted by atomic mass is 10.1. The standard InChI is InChI=1S/C14H18N2O/c1-14(2,3)16(17)13-8-6-12(7-9-13)15-10-4-5-11-15/h4-11,17H,1-3H3. The molecule has 0 atom stereocenters. The number of hydrogen-bond acceptors (Lipinski definition) is 2. The van der Waals surface area contributed by atoms with Gasteiger partial charge in [-0.05, 0) is 57.2 Å². The van der Waals surface area contributed by atoms with Crippen molar-refractivity contribution in [2.24, 2.45) is 0 Å². The van der Waals surface area contributed by atoms with Crippen LogP contribution in [0.25, 0.3) is 5.69 Å². The van der Waals surface area contributed by atoms with Crippen LogP contribution in [0.15, 0.2) is 48.8 Å². The van der Waals surface area contributed by atoms with Gasteiger partial charge in [-0.25, -0.2) is 0 Å². The van der Waals surface area contributed by atoms with Crippen LogP contribution in [0.4, 0.5) is 5.69 Å². The van der Waals surface area contributed by atoms with E-state index in [1.807, 2.05) is 74.1 Å². The summed E-state index contributed by atoms with van der Waals surface area (Å²) in [5.41, 5.74) is 1.59. The first-order valence-electron chi connectivity index (χ1n) is 5.71. The molecule has 1 aromatic heterocycles. The number of anilines is 1. The van der Waals surface area contributed by atoms with Crippen LogP contribution in [0.3, 0.4) is 0 Å². The van der Waals surface area contributed by atoms with Gasteiger partial charge < -0.3 is 4.57 Å². The van der Waals surface area contributed by atoms with Crippen molar-refractivity contribution in [3.05, 3.63) is 48.8 Å². The van der Waals surface area contributed by atoms with Crippen molar-refractivity contribution in [2.75, 3.05) is 5.06 Å². The predicted molar refractivity (Wildman–Crippen MR) is 69.8 cm³/mol. The van der Waals surface area contributed by atoms with Crippen LogP contribution in [0.2, 0.25) is 0 Å². The van der Waals surface area contributed by atoms with Crippen molar-refractivity contribution in [2.45, 2.75) is 26.3 Å². The molecule has 1 N–H and O–H groups in total. The van der Waals surface area contributed by atoms with Crippen molar-refractivity contribution < 1.29 is 5.21 Å². The summed E-state index contributed by atoms with van der Waals surface area (Å²) < 4.78 is 2.03. The molecule has 0 fully saturated rings. The fourth-order valence-electron chi connectivity index (χ4n) is 1.66. The van der Waals surface area contributed by atoms with Gasteiger partial charge in [0.15, 0.2) is 0 Å². The molecule has 0 amide bonds. The van der Waals surface area contributed by atoms with Gasteiger partial charge in [-0.1, -0.05) is 0 Å². The summed E-state index contributed by atoms with van der Waals surface area (Å²) in [6.45, 7) is 5.90. The van der Waals surface area contributed by atoms with Gasteiger partial charge in [0.05, 0.1) is 11.2 Å². The molecule has 0 aliphatic rings. The highest BCUT2D eigenvalue weighted by Gasteiger charge is 2.19. The third kappa shape index (κ3) is 2.50. The SMILES string of the molecule is CC(C)(C)N(O)c1ccc(-n2cccc2)cc1. The molecule has 0 aliphatic heterocycles. The minimum atomic E-state index is -0.297. The Bertz CT molecular complexity index is 466. The summed E-state index contributed by atoms with van der Waals surface area (Å²) in [6.07, 6.45) is 3.99. The smallest absolute Gasteiger partial charge is 0.0641 e. The largest absolute Gasteiger partial charge is 0.324 e. The van der Waals surface area contributed by atoms with Crippen LogP contribution in [0, 0.1) is 0 Å². The lowest BCUT2D eigenvalue weighted by molar-refractivity contribution is 0.181. The molecule has 1 heterocycles. The normalized spacial score (nSPS) is 11.5. The van der Waals surface area contributed by atoms with Gasteiger partial charge >= 0.3 is 0 Å². The van der Waals surface area contributed by atoms with Gasteiger partial charge in [-0.2, -0.15) is 0 Å². The van der Waals surface area contributed by atoms with E-state index in [4.69, 9.17) is 0 Å². The Kier molecular flexibility index (Phi) is 2.94. The number of rotatable bonds is 2. The Balaban J connectivity index is 2.25. The average molecular weight is 230 g/mol. The number of nitrogens with zero attached hydrogens (tertiary/aromatic N) is 2. The number of hydrogen-bond donors (Lipinski definition) is 1. The van der Waals surface area contributed by atoms with E-state index in [0.29, 0.717) is 0 Å². The summed E-state index contributed by atoms with van der Waals surface area (Å²) in [6, 6.07) is 11.8. The minimum absolute atomic E-state index is 0.297. The molecule has 3 nitrogen and oxygen atoms in total. The highest BCUT2D eigenvalue weighted by atomic mass is 16.5. The van der Waals surface area contributed by atoms with Crippen LogP contribution >= 0.6 is 0 Å². The molecule has 2 rings (SSSR count). The van der Waals surface area contributed by atoms with Gasteiger partial charge in [0.2, 0.25) is 0 Å². The summed E-state index contributed by atoms with van der Waals surface area (Å²) in [5.74, 6) is 0. The second kappa shape index (κ2) is 4.26. The van der Waals surface area contributed by atoms with Gasteiger partial charge in [-0.15, -0.1) is 0 Å². The summed E-state index contributed by atoms with van der Waals surface area (Å²) in [4.78, 5) is 0. The van der Waals surface area contributed by atoms with E-state index in [9.17, 15) is 5.21 Å². The highest BCUT2D eigenvalue weighted by Crippen LogP contribution is 2.22. The highest BCUT2D eigenvalue weighted by molar-refractivity contribution is 5.50. The van der Waals surface area contributed by atoms with Gasteiger partial charge in [0.25, 0.3) is 0 Å². The third-order valence-corrected chi connectivity index (χ3v) is 2.63. The van der Waals surface area contributed by atoms with Crippen LogP contribution in [-0.4, -0.2) is 15.3 Å². The molecule has 17 heavy (non-hydrogen) atoms. The minimum Gasteiger partial charge on any atom is -0.324 e. The molecular formula is C14H18N2O. The molecule has 0 radical (unpaired) electrons. The first-order valence-corrected chi connectivity index (χ1v) is 5.71. The molecule has 0 unspecified atom stereocenters. The van der Waals surface area contributed by atoms with E-state index in [2.05, 4.69) is 0 Å². The molecular weight excluding hydrogens is 212 g/mol. The molecule has 0 saturated heterocycles. The Morgan fingerprint density at radius 2 is 1.53 bits per heavy atom. The first kappa shape index (κ1) is 11.7. The van der Waals surface area contributed by atoms with Gasteiger partial charge in [0, 0.05) is 18.1 Å². The molecule has 2 aromatic rings.